The minimum atomic E-state index is 0.574. The van der Waals surface area contributed by atoms with E-state index < -0.39 is 0 Å². The molecule has 1 aliphatic carbocycles. The molecule has 120 valence electrons. The summed E-state index contributed by atoms with van der Waals surface area (Å²) < 4.78 is 1.25. The minimum absolute atomic E-state index is 0.574. The van der Waals surface area contributed by atoms with Crippen LogP contribution in [0.15, 0.2) is 23.6 Å². The molecule has 2 nitrogen and oxygen atoms in total. The molecule has 3 aromatic rings. The van der Waals surface area contributed by atoms with E-state index in [4.69, 9.17) is 11.6 Å². The highest BCUT2D eigenvalue weighted by Crippen LogP contribution is 2.44. The molecule has 0 atom stereocenters. The van der Waals surface area contributed by atoms with Gasteiger partial charge in [-0.1, -0.05) is 30.5 Å². The highest BCUT2D eigenvalue weighted by molar-refractivity contribution is 7.20. The summed E-state index contributed by atoms with van der Waals surface area (Å²) >= 11 is 9.97. The summed E-state index contributed by atoms with van der Waals surface area (Å²) in [5, 5.41) is 6.24. The average Bonchev–Trinajstić information content (AvgIpc) is 3.26. The standard InChI is InChI=1S/C18H19ClN2S2/c1-11-16-18(23-17(11)12-5-2-3-6-12)14(9-15(19)21-16)20-10-13-7-4-8-22-13/h4,7-9,12H,2-3,5-6,10H2,1H3,(H,20,21). The molecule has 0 amide bonds. The molecule has 0 spiro atoms. The number of thiophene rings is 2. The molecule has 3 heterocycles. The molecule has 0 aliphatic heterocycles. The van der Waals surface area contributed by atoms with Gasteiger partial charge in [0.2, 0.25) is 0 Å². The summed E-state index contributed by atoms with van der Waals surface area (Å²) in [7, 11) is 0. The molecule has 4 rings (SSSR count). The summed E-state index contributed by atoms with van der Waals surface area (Å²) in [6.07, 6.45) is 5.35. The number of nitrogens with zero attached hydrogens (tertiary/aromatic N) is 1. The zero-order valence-corrected chi connectivity index (χ0v) is 15.5. The zero-order chi connectivity index (χ0) is 15.8. The molecule has 1 fully saturated rings. The summed E-state index contributed by atoms with van der Waals surface area (Å²) in [5.41, 5.74) is 3.53. The van der Waals surface area contributed by atoms with Crippen LogP contribution in [0.3, 0.4) is 0 Å². The zero-order valence-electron chi connectivity index (χ0n) is 13.1. The lowest BCUT2D eigenvalue weighted by Crippen LogP contribution is -1.98. The number of pyridine rings is 1. The van der Waals surface area contributed by atoms with Crippen molar-refractivity contribution in [1.82, 2.24) is 4.98 Å². The van der Waals surface area contributed by atoms with Crippen LogP contribution < -0.4 is 5.32 Å². The summed E-state index contributed by atoms with van der Waals surface area (Å²) in [5.74, 6) is 0.720. The summed E-state index contributed by atoms with van der Waals surface area (Å²) in [6.45, 7) is 3.04. The lowest BCUT2D eigenvalue weighted by Gasteiger charge is -2.07. The Labute approximate surface area is 149 Å². The molecule has 0 saturated heterocycles. The van der Waals surface area contributed by atoms with Crippen molar-refractivity contribution in [3.8, 4) is 0 Å². The summed E-state index contributed by atoms with van der Waals surface area (Å²) in [4.78, 5) is 7.46. The molecule has 1 N–H and O–H groups in total. The van der Waals surface area contributed by atoms with E-state index >= 15 is 0 Å². The third kappa shape index (κ3) is 3.00. The first-order valence-corrected chi connectivity index (χ1v) is 10.2. The third-order valence-electron chi connectivity index (χ3n) is 4.64. The molecule has 0 bridgehead atoms. The fraction of sp³-hybridized carbons (Fsp3) is 0.389. The van der Waals surface area contributed by atoms with E-state index in [9.17, 15) is 0 Å². The van der Waals surface area contributed by atoms with E-state index in [0.29, 0.717) is 5.15 Å². The molecule has 5 heteroatoms. The second-order valence-electron chi connectivity index (χ2n) is 6.18. The Morgan fingerprint density at radius 2 is 2.17 bits per heavy atom. The molecule has 23 heavy (non-hydrogen) atoms. The number of aryl methyl sites for hydroxylation is 1. The second-order valence-corrected chi connectivity index (χ2v) is 8.65. The predicted octanol–water partition coefficient (Wildman–Crippen LogP) is 6.59. The van der Waals surface area contributed by atoms with Crippen molar-refractivity contribution in [3.05, 3.63) is 44.1 Å². The Hall–Kier alpha value is -1.10. The Morgan fingerprint density at radius 3 is 2.91 bits per heavy atom. The highest BCUT2D eigenvalue weighted by Gasteiger charge is 2.23. The average molecular weight is 363 g/mol. The molecular formula is C18H19ClN2S2. The van der Waals surface area contributed by atoms with Crippen LogP contribution in [-0.2, 0) is 6.54 Å². The van der Waals surface area contributed by atoms with Gasteiger partial charge in [0.05, 0.1) is 15.9 Å². The largest absolute Gasteiger partial charge is 0.379 e. The van der Waals surface area contributed by atoms with Crippen molar-refractivity contribution in [1.29, 1.82) is 0 Å². The van der Waals surface area contributed by atoms with E-state index in [-0.39, 0.29) is 0 Å². The number of hydrogen-bond acceptors (Lipinski definition) is 4. The summed E-state index contributed by atoms with van der Waals surface area (Å²) in [6, 6.07) is 6.21. The van der Waals surface area contributed by atoms with E-state index in [1.54, 1.807) is 11.3 Å². The number of fused-ring (bicyclic) bond motifs is 1. The van der Waals surface area contributed by atoms with Gasteiger partial charge in [-0.25, -0.2) is 4.98 Å². The van der Waals surface area contributed by atoms with Crippen molar-refractivity contribution in [3.63, 3.8) is 0 Å². The van der Waals surface area contributed by atoms with Gasteiger partial charge in [0, 0.05) is 22.4 Å². The van der Waals surface area contributed by atoms with Gasteiger partial charge in [0.1, 0.15) is 5.15 Å². The van der Waals surface area contributed by atoms with Crippen LogP contribution in [-0.4, -0.2) is 4.98 Å². The van der Waals surface area contributed by atoms with Gasteiger partial charge in [-0.2, -0.15) is 0 Å². The number of halogens is 1. The molecule has 0 radical (unpaired) electrons. The van der Waals surface area contributed by atoms with Gasteiger partial charge in [-0.15, -0.1) is 22.7 Å². The molecular weight excluding hydrogens is 344 g/mol. The highest BCUT2D eigenvalue weighted by atomic mass is 35.5. The number of aromatic nitrogens is 1. The van der Waals surface area contributed by atoms with Crippen molar-refractivity contribution in [2.75, 3.05) is 5.32 Å². The Kier molecular flexibility index (Phi) is 4.31. The monoisotopic (exact) mass is 362 g/mol. The first kappa shape index (κ1) is 15.4. The smallest absolute Gasteiger partial charge is 0.131 e. The van der Waals surface area contributed by atoms with Gasteiger partial charge in [0.25, 0.3) is 0 Å². The van der Waals surface area contributed by atoms with Gasteiger partial charge in [-0.05, 0) is 42.7 Å². The maximum absolute atomic E-state index is 6.28. The predicted molar refractivity (Wildman–Crippen MR) is 102 cm³/mol. The third-order valence-corrected chi connectivity index (χ3v) is 7.18. The first-order chi connectivity index (χ1) is 11.2. The van der Waals surface area contributed by atoms with E-state index in [2.05, 4.69) is 34.7 Å². The van der Waals surface area contributed by atoms with Crippen LogP contribution in [0.2, 0.25) is 5.15 Å². The molecule has 0 aromatic carbocycles. The van der Waals surface area contributed by atoms with Crippen LogP contribution in [0.1, 0.15) is 46.9 Å². The van der Waals surface area contributed by atoms with E-state index in [1.807, 2.05) is 17.4 Å². The topological polar surface area (TPSA) is 24.9 Å². The van der Waals surface area contributed by atoms with Crippen LogP contribution in [0, 0.1) is 6.92 Å². The Balaban J connectivity index is 1.72. The van der Waals surface area contributed by atoms with Gasteiger partial charge >= 0.3 is 0 Å². The normalized spacial score (nSPS) is 15.6. The fourth-order valence-corrected chi connectivity index (χ4v) is 5.71. The molecule has 1 saturated carbocycles. The minimum Gasteiger partial charge on any atom is -0.379 e. The fourth-order valence-electron chi connectivity index (χ4n) is 3.47. The number of anilines is 1. The van der Waals surface area contributed by atoms with Crippen molar-refractivity contribution < 1.29 is 0 Å². The first-order valence-electron chi connectivity index (χ1n) is 8.08. The molecule has 3 aromatic heterocycles. The van der Waals surface area contributed by atoms with Gasteiger partial charge in [0.15, 0.2) is 0 Å². The number of rotatable bonds is 4. The molecule has 1 aliphatic rings. The quantitative estimate of drug-likeness (QED) is 0.529. The van der Waals surface area contributed by atoms with Gasteiger partial charge in [-0.3, -0.25) is 0 Å². The maximum atomic E-state index is 6.28. The van der Waals surface area contributed by atoms with Crippen molar-refractivity contribution >= 4 is 50.2 Å². The SMILES string of the molecule is Cc1c(C2CCCC2)sc2c(NCc3cccs3)cc(Cl)nc12. The van der Waals surface area contributed by atoms with Crippen LogP contribution >= 0.6 is 34.3 Å². The second kappa shape index (κ2) is 6.42. The number of hydrogen-bond donors (Lipinski definition) is 1. The van der Waals surface area contributed by atoms with Crippen LogP contribution in [0.25, 0.3) is 10.2 Å². The van der Waals surface area contributed by atoms with Crippen molar-refractivity contribution in [2.24, 2.45) is 0 Å². The van der Waals surface area contributed by atoms with E-state index in [0.717, 1.165) is 23.7 Å². The molecule has 0 unspecified atom stereocenters. The van der Waals surface area contributed by atoms with Crippen molar-refractivity contribution in [2.45, 2.75) is 45.1 Å². The van der Waals surface area contributed by atoms with Gasteiger partial charge < -0.3 is 5.32 Å². The maximum Gasteiger partial charge on any atom is 0.131 e. The van der Waals surface area contributed by atoms with Crippen LogP contribution in [0.4, 0.5) is 5.69 Å². The van der Waals surface area contributed by atoms with Crippen LogP contribution in [0.5, 0.6) is 0 Å². The Bertz CT molecular complexity index is 817. The lowest BCUT2D eigenvalue weighted by atomic mass is 10.0. The number of nitrogens with one attached hydrogen (secondary N) is 1. The Morgan fingerprint density at radius 1 is 1.35 bits per heavy atom. The van der Waals surface area contributed by atoms with E-state index in [1.165, 1.54) is 45.7 Å². The lowest BCUT2D eigenvalue weighted by molar-refractivity contribution is 0.734.